The van der Waals surface area contributed by atoms with Crippen LogP contribution >= 0.6 is 11.3 Å². The Bertz CT molecular complexity index is 1460. The van der Waals surface area contributed by atoms with E-state index in [0.717, 1.165) is 27.8 Å². The summed E-state index contributed by atoms with van der Waals surface area (Å²) in [6.45, 7) is 0.227. The zero-order valence-electron chi connectivity index (χ0n) is 17.8. The highest BCUT2D eigenvalue weighted by molar-refractivity contribution is 7.12. The summed E-state index contributed by atoms with van der Waals surface area (Å²) >= 11 is 1.26. The number of thiophene rings is 1. The van der Waals surface area contributed by atoms with Gasteiger partial charge in [-0.25, -0.2) is 9.59 Å². The molecule has 1 aliphatic carbocycles. The Kier molecular flexibility index (Phi) is 5.40. The van der Waals surface area contributed by atoms with E-state index in [1.165, 1.54) is 23.0 Å². The standard InChI is InChI=1S/C26H20N2O4S/c1-32-25(30)22-12-16(15-33-22)13-28-14-21(24(29)27-26(28)31)23-19-8-4-2-6-17(19)10-11-18-7-3-5-9-20(18)23/h2-12,14-15,23H,13H2,1H3,(H,27,29,31). The average molecular weight is 457 g/mol. The second-order valence-electron chi connectivity index (χ2n) is 7.81. The molecular weight excluding hydrogens is 436 g/mol. The monoisotopic (exact) mass is 456 g/mol. The average Bonchev–Trinajstić information content (AvgIpc) is 3.23. The summed E-state index contributed by atoms with van der Waals surface area (Å²) < 4.78 is 6.24. The molecule has 4 aromatic rings. The minimum Gasteiger partial charge on any atom is -0.465 e. The van der Waals surface area contributed by atoms with Gasteiger partial charge in [0.1, 0.15) is 4.88 Å². The fourth-order valence-electron chi connectivity index (χ4n) is 4.25. The molecule has 0 radical (unpaired) electrons. The van der Waals surface area contributed by atoms with Gasteiger partial charge >= 0.3 is 11.7 Å². The Hall–Kier alpha value is -3.97. The highest BCUT2D eigenvalue weighted by Gasteiger charge is 2.26. The van der Waals surface area contributed by atoms with Crippen molar-refractivity contribution < 1.29 is 9.53 Å². The number of rotatable bonds is 4. The Labute approximate surface area is 193 Å². The van der Waals surface area contributed by atoms with E-state index in [4.69, 9.17) is 4.74 Å². The lowest BCUT2D eigenvalue weighted by atomic mass is 9.83. The summed E-state index contributed by atoms with van der Waals surface area (Å²) in [7, 11) is 1.33. The predicted molar refractivity (Wildman–Crippen MR) is 129 cm³/mol. The van der Waals surface area contributed by atoms with Crippen LogP contribution in [-0.2, 0) is 11.3 Å². The Morgan fingerprint density at radius 1 is 1.00 bits per heavy atom. The van der Waals surface area contributed by atoms with Gasteiger partial charge in [0, 0.05) is 17.7 Å². The molecule has 0 saturated heterocycles. The van der Waals surface area contributed by atoms with Crippen molar-refractivity contribution >= 4 is 29.5 Å². The number of H-pyrrole nitrogens is 1. The molecule has 0 amide bonds. The van der Waals surface area contributed by atoms with Crippen LogP contribution in [0.2, 0.25) is 0 Å². The molecule has 0 fully saturated rings. The number of esters is 1. The van der Waals surface area contributed by atoms with Gasteiger partial charge < -0.3 is 4.74 Å². The van der Waals surface area contributed by atoms with E-state index in [0.29, 0.717) is 10.4 Å². The van der Waals surface area contributed by atoms with E-state index >= 15 is 0 Å². The third-order valence-electron chi connectivity index (χ3n) is 5.80. The molecule has 1 N–H and O–H groups in total. The number of aromatic amines is 1. The minimum atomic E-state index is -0.497. The van der Waals surface area contributed by atoms with Crippen LogP contribution in [0.15, 0.2) is 75.8 Å². The summed E-state index contributed by atoms with van der Waals surface area (Å²) in [6.07, 6.45) is 5.75. The van der Waals surface area contributed by atoms with Crippen molar-refractivity contribution in [2.24, 2.45) is 0 Å². The van der Waals surface area contributed by atoms with Gasteiger partial charge in [-0.15, -0.1) is 11.3 Å². The van der Waals surface area contributed by atoms with Gasteiger partial charge in [-0.05, 0) is 39.3 Å². The lowest BCUT2D eigenvalue weighted by Crippen LogP contribution is -2.33. The van der Waals surface area contributed by atoms with E-state index in [9.17, 15) is 14.4 Å². The Morgan fingerprint density at radius 3 is 2.27 bits per heavy atom. The zero-order valence-corrected chi connectivity index (χ0v) is 18.6. The smallest absolute Gasteiger partial charge is 0.348 e. The van der Waals surface area contributed by atoms with Gasteiger partial charge in [0.25, 0.3) is 5.56 Å². The lowest BCUT2D eigenvalue weighted by Gasteiger charge is -2.21. The molecular formula is C26H20N2O4S. The largest absolute Gasteiger partial charge is 0.465 e. The third kappa shape index (κ3) is 3.87. The van der Waals surface area contributed by atoms with Gasteiger partial charge in [-0.1, -0.05) is 60.7 Å². The number of carbonyl (C=O) groups is 1. The van der Waals surface area contributed by atoms with Crippen LogP contribution in [0, 0.1) is 0 Å². The molecule has 164 valence electrons. The van der Waals surface area contributed by atoms with Crippen molar-refractivity contribution in [3.63, 3.8) is 0 Å². The molecule has 0 unspecified atom stereocenters. The van der Waals surface area contributed by atoms with Crippen molar-refractivity contribution in [3.8, 4) is 0 Å². The molecule has 7 heteroatoms. The first kappa shape index (κ1) is 20.9. The second-order valence-corrected chi connectivity index (χ2v) is 8.72. The number of fused-ring (bicyclic) bond motifs is 2. The highest BCUT2D eigenvalue weighted by Crippen LogP contribution is 2.37. The number of carbonyl (C=O) groups excluding carboxylic acids is 1. The lowest BCUT2D eigenvalue weighted by molar-refractivity contribution is 0.0606. The van der Waals surface area contributed by atoms with Gasteiger partial charge in [-0.3, -0.25) is 14.3 Å². The van der Waals surface area contributed by atoms with Crippen molar-refractivity contribution in [1.29, 1.82) is 0 Å². The SMILES string of the molecule is COC(=O)c1cc(Cn2cc(C3c4ccccc4C=Cc4ccccc43)c(=O)[nH]c2=O)cs1. The van der Waals surface area contributed by atoms with Crippen molar-refractivity contribution in [2.45, 2.75) is 12.5 Å². The maximum Gasteiger partial charge on any atom is 0.348 e. The first-order valence-corrected chi connectivity index (χ1v) is 11.3. The number of nitrogens with one attached hydrogen (secondary N) is 1. The first-order chi connectivity index (χ1) is 16.0. The van der Waals surface area contributed by atoms with Gasteiger partial charge in [0.15, 0.2) is 0 Å². The van der Waals surface area contributed by atoms with Gasteiger partial charge in [0.2, 0.25) is 0 Å². The van der Waals surface area contributed by atoms with Crippen LogP contribution < -0.4 is 11.2 Å². The molecule has 1 aliphatic rings. The topological polar surface area (TPSA) is 81.2 Å². The maximum absolute atomic E-state index is 13.1. The summed E-state index contributed by atoms with van der Waals surface area (Å²) in [4.78, 5) is 40.4. The summed E-state index contributed by atoms with van der Waals surface area (Å²) in [5.74, 6) is -0.754. The number of aromatic nitrogens is 2. The van der Waals surface area contributed by atoms with Crippen LogP contribution in [0.5, 0.6) is 0 Å². The Morgan fingerprint density at radius 2 is 1.64 bits per heavy atom. The summed E-state index contributed by atoms with van der Waals surface area (Å²) in [6, 6.07) is 17.6. The van der Waals surface area contributed by atoms with Crippen molar-refractivity contribution in [2.75, 3.05) is 7.11 Å². The predicted octanol–water partition coefficient (Wildman–Crippen LogP) is 4.10. The molecule has 33 heavy (non-hydrogen) atoms. The van der Waals surface area contributed by atoms with E-state index < -0.39 is 17.2 Å². The zero-order chi connectivity index (χ0) is 22.9. The molecule has 2 aromatic heterocycles. The number of hydrogen-bond donors (Lipinski definition) is 1. The van der Waals surface area contributed by atoms with E-state index in [2.05, 4.69) is 17.1 Å². The fraction of sp³-hybridized carbons (Fsp3) is 0.115. The quantitative estimate of drug-likeness (QED) is 0.413. The van der Waals surface area contributed by atoms with E-state index in [-0.39, 0.29) is 12.5 Å². The number of hydrogen-bond acceptors (Lipinski definition) is 5. The van der Waals surface area contributed by atoms with Crippen LogP contribution in [0.1, 0.15) is 49.0 Å². The normalized spacial score (nSPS) is 12.6. The van der Waals surface area contributed by atoms with Crippen LogP contribution in [0.4, 0.5) is 0 Å². The molecule has 0 aliphatic heterocycles. The number of nitrogens with zero attached hydrogens (tertiary/aromatic N) is 1. The molecule has 2 heterocycles. The van der Waals surface area contributed by atoms with E-state index in [1.807, 2.05) is 53.9 Å². The number of ether oxygens (including phenoxy) is 1. The van der Waals surface area contributed by atoms with Gasteiger partial charge in [0.05, 0.1) is 13.7 Å². The van der Waals surface area contributed by atoms with Crippen LogP contribution in [-0.4, -0.2) is 22.6 Å². The minimum absolute atomic E-state index is 0.227. The third-order valence-corrected chi connectivity index (χ3v) is 6.76. The number of benzene rings is 2. The Balaban J connectivity index is 1.64. The molecule has 2 aromatic carbocycles. The summed E-state index contributed by atoms with van der Waals surface area (Å²) in [5.41, 5.74) is 4.41. The van der Waals surface area contributed by atoms with Crippen molar-refractivity contribution in [1.82, 2.24) is 9.55 Å². The summed E-state index contributed by atoms with van der Waals surface area (Å²) in [5, 5.41) is 1.81. The molecule has 0 atom stereocenters. The van der Waals surface area contributed by atoms with Gasteiger partial charge in [-0.2, -0.15) is 0 Å². The molecule has 6 nitrogen and oxygen atoms in total. The first-order valence-electron chi connectivity index (χ1n) is 10.4. The maximum atomic E-state index is 13.1. The van der Waals surface area contributed by atoms with Crippen LogP contribution in [0.25, 0.3) is 12.2 Å². The highest BCUT2D eigenvalue weighted by atomic mass is 32.1. The van der Waals surface area contributed by atoms with Crippen molar-refractivity contribution in [3.05, 3.63) is 125 Å². The van der Waals surface area contributed by atoms with E-state index in [1.54, 1.807) is 12.3 Å². The van der Waals surface area contributed by atoms with Crippen LogP contribution in [0.3, 0.4) is 0 Å². The molecule has 0 saturated carbocycles. The second kappa shape index (κ2) is 8.52. The fourth-order valence-corrected chi connectivity index (χ4v) is 5.07. The molecule has 5 rings (SSSR count). The number of methoxy groups -OCH3 is 1. The molecule has 0 spiro atoms. The molecule has 0 bridgehead atoms.